The van der Waals surface area contributed by atoms with Gasteiger partial charge in [-0.15, -0.1) is 0 Å². The maximum Gasteiger partial charge on any atom is 0.244 e. The third-order valence-corrected chi connectivity index (χ3v) is 4.25. The van der Waals surface area contributed by atoms with Crippen molar-refractivity contribution in [3.63, 3.8) is 0 Å². The Morgan fingerprint density at radius 2 is 2.10 bits per heavy atom. The predicted molar refractivity (Wildman–Crippen MR) is 79.3 cm³/mol. The minimum atomic E-state index is -3.51. The molecule has 20 heavy (non-hydrogen) atoms. The average Bonchev–Trinajstić information content (AvgIpc) is 2.43. The second-order valence-electron chi connectivity index (χ2n) is 4.35. The van der Waals surface area contributed by atoms with Crippen LogP contribution < -0.4 is 10.0 Å². The Hall–Kier alpha value is -1.18. The first kappa shape index (κ1) is 16.9. The third kappa shape index (κ3) is 5.44. The fraction of sp³-hybridized carbons (Fsp3) is 0.615. The molecule has 0 aliphatic rings. The fourth-order valence-corrected chi connectivity index (χ4v) is 2.96. The monoisotopic (exact) mass is 301 g/mol. The van der Waals surface area contributed by atoms with E-state index in [2.05, 4.69) is 15.0 Å². The number of aromatic nitrogens is 1. The van der Waals surface area contributed by atoms with E-state index in [1.807, 2.05) is 6.92 Å². The van der Waals surface area contributed by atoms with E-state index in [0.29, 0.717) is 25.4 Å². The van der Waals surface area contributed by atoms with Crippen molar-refractivity contribution in [2.24, 2.45) is 0 Å². The summed E-state index contributed by atoms with van der Waals surface area (Å²) in [5, 5.41) is 3.02. The molecule has 114 valence electrons. The van der Waals surface area contributed by atoms with E-state index in [0.717, 1.165) is 19.3 Å². The maximum absolute atomic E-state index is 12.2. The summed E-state index contributed by atoms with van der Waals surface area (Å²) in [7, 11) is -1.85. The van der Waals surface area contributed by atoms with Gasteiger partial charge in [0, 0.05) is 39.2 Å². The van der Waals surface area contributed by atoms with Crippen molar-refractivity contribution in [1.29, 1.82) is 0 Å². The van der Waals surface area contributed by atoms with Gasteiger partial charge in [-0.05, 0) is 32.3 Å². The molecule has 0 radical (unpaired) electrons. The van der Waals surface area contributed by atoms with E-state index in [4.69, 9.17) is 4.74 Å². The molecule has 6 nitrogen and oxygen atoms in total. The summed E-state index contributed by atoms with van der Waals surface area (Å²) < 4.78 is 32.0. The van der Waals surface area contributed by atoms with Crippen LogP contribution in [0.5, 0.6) is 0 Å². The Balaban J connectivity index is 2.56. The zero-order chi connectivity index (χ0) is 14.8. The van der Waals surface area contributed by atoms with Gasteiger partial charge in [-0.2, -0.15) is 0 Å². The number of unbranched alkanes of at least 4 members (excludes halogenated alkanes) is 2. The predicted octanol–water partition coefficient (Wildman–Crippen LogP) is 1.61. The summed E-state index contributed by atoms with van der Waals surface area (Å²) >= 11 is 0. The SMILES string of the molecule is CCNc1ccncc1S(=O)(=O)NCCCCCOC. The molecule has 0 atom stereocenters. The van der Waals surface area contributed by atoms with Crippen molar-refractivity contribution in [1.82, 2.24) is 9.71 Å². The Morgan fingerprint density at radius 1 is 1.30 bits per heavy atom. The van der Waals surface area contributed by atoms with Gasteiger partial charge in [-0.25, -0.2) is 13.1 Å². The van der Waals surface area contributed by atoms with Crippen molar-refractivity contribution in [3.8, 4) is 0 Å². The van der Waals surface area contributed by atoms with Crippen molar-refractivity contribution in [3.05, 3.63) is 18.5 Å². The Kier molecular flexibility index (Phi) is 7.50. The van der Waals surface area contributed by atoms with Crippen molar-refractivity contribution in [2.75, 3.05) is 32.1 Å². The van der Waals surface area contributed by atoms with Crippen LogP contribution in [0.2, 0.25) is 0 Å². The third-order valence-electron chi connectivity index (χ3n) is 2.76. The number of sulfonamides is 1. The normalized spacial score (nSPS) is 11.5. The van der Waals surface area contributed by atoms with E-state index >= 15 is 0 Å². The molecule has 1 aromatic rings. The molecule has 0 spiro atoms. The molecule has 0 aliphatic carbocycles. The highest BCUT2D eigenvalue weighted by Gasteiger charge is 2.17. The first-order valence-corrected chi connectivity index (χ1v) is 8.26. The van der Waals surface area contributed by atoms with E-state index in [-0.39, 0.29) is 4.90 Å². The molecule has 0 aliphatic heterocycles. The lowest BCUT2D eigenvalue weighted by Crippen LogP contribution is -2.26. The summed E-state index contributed by atoms with van der Waals surface area (Å²) in [6.45, 7) is 3.70. The molecule has 0 amide bonds. The number of anilines is 1. The zero-order valence-electron chi connectivity index (χ0n) is 12.1. The Morgan fingerprint density at radius 3 is 2.80 bits per heavy atom. The van der Waals surface area contributed by atoms with Crippen LogP contribution in [-0.4, -0.2) is 40.2 Å². The van der Waals surface area contributed by atoms with E-state index in [9.17, 15) is 8.42 Å². The van der Waals surface area contributed by atoms with Gasteiger partial charge in [0.2, 0.25) is 10.0 Å². The molecule has 0 saturated carbocycles. The molecule has 2 N–H and O–H groups in total. The van der Waals surface area contributed by atoms with Gasteiger partial charge < -0.3 is 10.1 Å². The molecule has 0 unspecified atom stereocenters. The van der Waals surface area contributed by atoms with Gasteiger partial charge in [0.05, 0.1) is 5.69 Å². The molecular formula is C13H23N3O3S. The molecule has 1 heterocycles. The number of methoxy groups -OCH3 is 1. The molecule has 1 aromatic heterocycles. The van der Waals surface area contributed by atoms with Crippen LogP contribution in [0.15, 0.2) is 23.4 Å². The summed E-state index contributed by atoms with van der Waals surface area (Å²) in [6.07, 6.45) is 5.60. The molecule has 0 fully saturated rings. The van der Waals surface area contributed by atoms with Crippen LogP contribution >= 0.6 is 0 Å². The van der Waals surface area contributed by atoms with E-state index in [1.54, 1.807) is 19.4 Å². The largest absolute Gasteiger partial charge is 0.385 e. The van der Waals surface area contributed by atoms with Crippen molar-refractivity contribution >= 4 is 15.7 Å². The zero-order valence-corrected chi connectivity index (χ0v) is 12.9. The van der Waals surface area contributed by atoms with Gasteiger partial charge in [-0.3, -0.25) is 4.98 Å². The van der Waals surface area contributed by atoms with Crippen LogP contribution in [0.4, 0.5) is 5.69 Å². The van der Waals surface area contributed by atoms with Crippen LogP contribution in [0, 0.1) is 0 Å². The molecule has 1 rings (SSSR count). The lowest BCUT2D eigenvalue weighted by Gasteiger charge is -2.11. The summed E-state index contributed by atoms with van der Waals surface area (Å²) in [5.41, 5.74) is 0.578. The highest BCUT2D eigenvalue weighted by Crippen LogP contribution is 2.18. The molecule has 0 bridgehead atoms. The summed E-state index contributed by atoms with van der Waals surface area (Å²) in [6, 6.07) is 1.66. The van der Waals surface area contributed by atoms with Crippen molar-refractivity contribution < 1.29 is 13.2 Å². The quantitative estimate of drug-likeness (QED) is 0.642. The van der Waals surface area contributed by atoms with Gasteiger partial charge >= 0.3 is 0 Å². The number of ether oxygens (including phenoxy) is 1. The van der Waals surface area contributed by atoms with Crippen LogP contribution in [0.1, 0.15) is 26.2 Å². The second-order valence-corrected chi connectivity index (χ2v) is 6.09. The molecule has 0 aromatic carbocycles. The lowest BCUT2D eigenvalue weighted by atomic mass is 10.2. The number of hydrogen-bond acceptors (Lipinski definition) is 5. The minimum absolute atomic E-state index is 0.193. The number of hydrogen-bond donors (Lipinski definition) is 2. The van der Waals surface area contributed by atoms with E-state index < -0.39 is 10.0 Å². The number of nitrogens with one attached hydrogen (secondary N) is 2. The minimum Gasteiger partial charge on any atom is -0.385 e. The molecular weight excluding hydrogens is 278 g/mol. The highest BCUT2D eigenvalue weighted by molar-refractivity contribution is 7.89. The summed E-state index contributed by atoms with van der Waals surface area (Å²) in [4.78, 5) is 4.08. The smallest absolute Gasteiger partial charge is 0.244 e. The maximum atomic E-state index is 12.2. The lowest BCUT2D eigenvalue weighted by molar-refractivity contribution is 0.192. The van der Waals surface area contributed by atoms with E-state index in [1.165, 1.54) is 6.20 Å². The molecule has 7 heteroatoms. The Labute approximate surface area is 121 Å². The first-order valence-electron chi connectivity index (χ1n) is 6.78. The Bertz CT molecular complexity index is 491. The average molecular weight is 301 g/mol. The topological polar surface area (TPSA) is 80.3 Å². The fourth-order valence-electron chi connectivity index (χ4n) is 1.76. The number of nitrogens with zero attached hydrogens (tertiary/aromatic N) is 1. The highest BCUT2D eigenvalue weighted by atomic mass is 32.2. The second kappa shape index (κ2) is 8.89. The summed E-state index contributed by atoms with van der Waals surface area (Å²) in [5.74, 6) is 0. The van der Waals surface area contributed by atoms with Gasteiger partial charge in [0.25, 0.3) is 0 Å². The van der Waals surface area contributed by atoms with Crippen LogP contribution in [0.25, 0.3) is 0 Å². The van der Waals surface area contributed by atoms with Gasteiger partial charge in [-0.1, -0.05) is 0 Å². The standard InChI is InChI=1S/C13H23N3O3S/c1-3-15-12-7-9-14-11-13(12)20(17,18)16-8-5-4-6-10-19-2/h7,9,11,16H,3-6,8,10H2,1-2H3,(H,14,15). The van der Waals surface area contributed by atoms with Gasteiger partial charge in [0.1, 0.15) is 4.90 Å². The van der Waals surface area contributed by atoms with Crippen LogP contribution in [0.3, 0.4) is 0 Å². The molecule has 0 saturated heterocycles. The first-order chi connectivity index (χ1) is 9.61. The number of pyridine rings is 1. The number of rotatable bonds is 10. The van der Waals surface area contributed by atoms with Crippen LogP contribution in [-0.2, 0) is 14.8 Å². The van der Waals surface area contributed by atoms with Gasteiger partial charge in [0.15, 0.2) is 0 Å². The van der Waals surface area contributed by atoms with Crippen molar-refractivity contribution in [2.45, 2.75) is 31.1 Å².